The van der Waals surface area contributed by atoms with Crippen molar-refractivity contribution >= 4 is 17.7 Å². The first-order valence-corrected chi connectivity index (χ1v) is 10.8. The van der Waals surface area contributed by atoms with Gasteiger partial charge >= 0.3 is 12.1 Å². The number of aryl methyl sites for hydroxylation is 1. The highest BCUT2D eigenvalue weighted by atomic mass is 16.5. The van der Waals surface area contributed by atoms with Crippen LogP contribution in [0.2, 0.25) is 0 Å². The Morgan fingerprint density at radius 1 is 1.06 bits per heavy atom. The SMILES string of the molecule is COc1ccccc1NC(=O)N1CCC(N2CCN(Cc3cccc(C)c3)C2=O)CC1. The molecule has 0 radical (unpaired) electrons. The zero-order valence-corrected chi connectivity index (χ0v) is 18.2. The third-order valence-electron chi connectivity index (χ3n) is 6.12. The molecule has 4 rings (SSSR count). The van der Waals surface area contributed by atoms with E-state index in [0.717, 1.165) is 31.5 Å². The van der Waals surface area contributed by atoms with Crippen LogP contribution in [0.3, 0.4) is 0 Å². The summed E-state index contributed by atoms with van der Waals surface area (Å²) >= 11 is 0. The average molecular weight is 423 g/mol. The molecule has 1 N–H and O–H groups in total. The Kier molecular flexibility index (Phi) is 6.30. The molecule has 0 bridgehead atoms. The number of urea groups is 2. The molecule has 0 spiro atoms. The number of ether oxygens (including phenoxy) is 1. The molecule has 2 aliphatic rings. The summed E-state index contributed by atoms with van der Waals surface area (Å²) in [6.07, 6.45) is 1.59. The molecule has 2 saturated heterocycles. The van der Waals surface area contributed by atoms with E-state index in [1.807, 2.05) is 45.0 Å². The fourth-order valence-corrected chi connectivity index (χ4v) is 4.44. The lowest BCUT2D eigenvalue weighted by atomic mass is 10.0. The lowest BCUT2D eigenvalue weighted by Crippen LogP contribution is -2.49. The molecule has 2 aliphatic heterocycles. The molecule has 0 saturated carbocycles. The maximum absolute atomic E-state index is 13.0. The van der Waals surface area contributed by atoms with E-state index in [9.17, 15) is 9.59 Å². The zero-order chi connectivity index (χ0) is 21.8. The molecule has 2 aromatic carbocycles. The van der Waals surface area contributed by atoms with Crippen LogP contribution in [-0.2, 0) is 6.54 Å². The first kappa shape index (κ1) is 21.0. The van der Waals surface area contributed by atoms with Crippen molar-refractivity contribution in [1.82, 2.24) is 14.7 Å². The quantitative estimate of drug-likeness (QED) is 0.794. The second-order valence-electron chi connectivity index (χ2n) is 8.24. The summed E-state index contributed by atoms with van der Waals surface area (Å²) < 4.78 is 5.31. The Balaban J connectivity index is 1.29. The third-order valence-corrected chi connectivity index (χ3v) is 6.12. The van der Waals surface area contributed by atoms with Crippen molar-refractivity contribution in [2.45, 2.75) is 32.4 Å². The largest absolute Gasteiger partial charge is 0.495 e. The van der Waals surface area contributed by atoms with Gasteiger partial charge in [-0.2, -0.15) is 0 Å². The fraction of sp³-hybridized carbons (Fsp3) is 0.417. The lowest BCUT2D eigenvalue weighted by Gasteiger charge is -2.36. The minimum absolute atomic E-state index is 0.110. The summed E-state index contributed by atoms with van der Waals surface area (Å²) in [6.45, 7) is 5.49. The van der Waals surface area contributed by atoms with Crippen molar-refractivity contribution in [1.29, 1.82) is 0 Å². The number of piperidine rings is 1. The molecule has 7 nitrogen and oxygen atoms in total. The van der Waals surface area contributed by atoms with Crippen molar-refractivity contribution < 1.29 is 14.3 Å². The molecule has 0 unspecified atom stereocenters. The molecule has 2 aromatic rings. The van der Waals surface area contributed by atoms with Gasteiger partial charge < -0.3 is 24.8 Å². The van der Waals surface area contributed by atoms with E-state index in [1.54, 1.807) is 7.11 Å². The van der Waals surface area contributed by atoms with Gasteiger partial charge in [0.05, 0.1) is 12.8 Å². The van der Waals surface area contributed by atoms with Crippen LogP contribution in [0.15, 0.2) is 48.5 Å². The molecule has 2 heterocycles. The number of likely N-dealkylation sites (tertiary alicyclic amines) is 1. The van der Waals surface area contributed by atoms with Gasteiger partial charge in [0.25, 0.3) is 0 Å². The highest BCUT2D eigenvalue weighted by Gasteiger charge is 2.36. The summed E-state index contributed by atoms with van der Waals surface area (Å²) in [4.78, 5) is 31.4. The predicted octanol–water partition coefficient (Wildman–Crippen LogP) is 3.94. The summed E-state index contributed by atoms with van der Waals surface area (Å²) in [5.74, 6) is 0.641. The molecule has 7 heteroatoms. The van der Waals surface area contributed by atoms with Crippen LogP contribution >= 0.6 is 0 Å². The molecular formula is C24H30N4O3. The molecule has 31 heavy (non-hydrogen) atoms. The van der Waals surface area contributed by atoms with Crippen LogP contribution in [0.5, 0.6) is 5.75 Å². The number of nitrogens with zero attached hydrogens (tertiary/aromatic N) is 3. The van der Waals surface area contributed by atoms with Gasteiger partial charge in [-0.05, 0) is 37.5 Å². The van der Waals surface area contributed by atoms with E-state index in [2.05, 4.69) is 30.4 Å². The second-order valence-corrected chi connectivity index (χ2v) is 8.24. The number of benzene rings is 2. The predicted molar refractivity (Wildman–Crippen MR) is 120 cm³/mol. The van der Waals surface area contributed by atoms with Crippen molar-refractivity contribution in [2.75, 3.05) is 38.6 Å². The van der Waals surface area contributed by atoms with Crippen LogP contribution < -0.4 is 10.1 Å². The Labute approximate surface area is 183 Å². The number of methoxy groups -OCH3 is 1. The Morgan fingerprint density at radius 2 is 1.84 bits per heavy atom. The van der Waals surface area contributed by atoms with E-state index in [0.29, 0.717) is 31.1 Å². The molecule has 0 atom stereocenters. The van der Waals surface area contributed by atoms with Gasteiger partial charge in [0.2, 0.25) is 0 Å². The highest BCUT2D eigenvalue weighted by Crippen LogP contribution is 2.26. The normalized spacial score (nSPS) is 17.2. The first-order chi connectivity index (χ1) is 15.0. The van der Waals surface area contributed by atoms with Crippen LogP contribution in [0, 0.1) is 6.92 Å². The number of hydrogen-bond donors (Lipinski definition) is 1. The Bertz CT molecular complexity index is 940. The summed E-state index contributed by atoms with van der Waals surface area (Å²) in [6, 6.07) is 15.9. The number of hydrogen-bond acceptors (Lipinski definition) is 3. The number of para-hydroxylation sites is 2. The third kappa shape index (κ3) is 4.76. The maximum atomic E-state index is 13.0. The maximum Gasteiger partial charge on any atom is 0.321 e. The van der Waals surface area contributed by atoms with Gasteiger partial charge in [-0.1, -0.05) is 42.0 Å². The molecular weight excluding hydrogens is 392 g/mol. The van der Waals surface area contributed by atoms with E-state index < -0.39 is 0 Å². The minimum Gasteiger partial charge on any atom is -0.495 e. The molecule has 2 fully saturated rings. The van der Waals surface area contributed by atoms with Crippen LogP contribution in [0.1, 0.15) is 24.0 Å². The number of carbonyl (C=O) groups excluding carboxylic acids is 2. The summed E-state index contributed by atoms with van der Waals surface area (Å²) in [7, 11) is 1.59. The number of rotatable bonds is 5. The Hall–Kier alpha value is -3.22. The average Bonchev–Trinajstić information content (AvgIpc) is 3.14. The monoisotopic (exact) mass is 422 g/mol. The topological polar surface area (TPSA) is 65.1 Å². The van der Waals surface area contributed by atoms with Gasteiger partial charge in [-0.25, -0.2) is 9.59 Å². The van der Waals surface area contributed by atoms with Gasteiger partial charge in [-0.3, -0.25) is 0 Å². The van der Waals surface area contributed by atoms with E-state index in [-0.39, 0.29) is 18.1 Å². The second kappa shape index (κ2) is 9.29. The summed E-state index contributed by atoms with van der Waals surface area (Å²) in [5, 5.41) is 2.94. The van der Waals surface area contributed by atoms with Crippen molar-refractivity contribution in [2.24, 2.45) is 0 Å². The Morgan fingerprint density at radius 3 is 2.58 bits per heavy atom. The smallest absolute Gasteiger partial charge is 0.321 e. The van der Waals surface area contributed by atoms with Crippen LogP contribution in [0.25, 0.3) is 0 Å². The minimum atomic E-state index is -0.128. The number of nitrogens with one attached hydrogen (secondary N) is 1. The fourth-order valence-electron chi connectivity index (χ4n) is 4.44. The van der Waals surface area contributed by atoms with Crippen LogP contribution in [-0.4, -0.2) is 66.1 Å². The number of anilines is 1. The van der Waals surface area contributed by atoms with E-state index >= 15 is 0 Å². The molecule has 4 amide bonds. The van der Waals surface area contributed by atoms with Crippen molar-refractivity contribution in [3.8, 4) is 5.75 Å². The van der Waals surface area contributed by atoms with Crippen molar-refractivity contribution in [3.05, 3.63) is 59.7 Å². The van der Waals surface area contributed by atoms with Gasteiger partial charge in [0.15, 0.2) is 0 Å². The lowest BCUT2D eigenvalue weighted by molar-refractivity contribution is 0.139. The number of carbonyl (C=O) groups is 2. The zero-order valence-electron chi connectivity index (χ0n) is 18.2. The standard InChI is InChI=1S/C24H30N4O3/c1-18-6-5-7-19(16-18)17-27-14-15-28(24(27)30)20-10-12-26(13-11-20)23(29)25-21-8-3-4-9-22(21)31-2/h3-9,16,20H,10-15,17H2,1-2H3,(H,25,29). The van der Waals surface area contributed by atoms with E-state index in [1.165, 1.54) is 5.56 Å². The first-order valence-electron chi connectivity index (χ1n) is 10.8. The van der Waals surface area contributed by atoms with Gasteiger partial charge in [0.1, 0.15) is 5.75 Å². The van der Waals surface area contributed by atoms with Gasteiger partial charge in [-0.15, -0.1) is 0 Å². The molecule has 0 aromatic heterocycles. The molecule has 164 valence electrons. The highest BCUT2D eigenvalue weighted by molar-refractivity contribution is 5.91. The van der Waals surface area contributed by atoms with Gasteiger partial charge in [0, 0.05) is 38.8 Å². The number of amides is 4. The van der Waals surface area contributed by atoms with Crippen molar-refractivity contribution in [3.63, 3.8) is 0 Å². The van der Waals surface area contributed by atoms with E-state index in [4.69, 9.17) is 4.74 Å². The summed E-state index contributed by atoms with van der Waals surface area (Å²) in [5.41, 5.74) is 3.04. The van der Waals surface area contributed by atoms with Crippen LogP contribution in [0.4, 0.5) is 15.3 Å². The molecule has 0 aliphatic carbocycles.